The van der Waals surface area contributed by atoms with E-state index < -0.39 is 21.8 Å². The van der Waals surface area contributed by atoms with Gasteiger partial charge in [0, 0.05) is 0 Å². The molecule has 1 rings (SSSR count). The minimum absolute atomic E-state index is 0. The van der Waals surface area contributed by atoms with Crippen LogP contribution in [0.15, 0.2) is 29.2 Å². The number of benzene rings is 1. The van der Waals surface area contributed by atoms with E-state index in [4.69, 9.17) is 20.9 Å². The van der Waals surface area contributed by atoms with Crippen LogP contribution in [0.4, 0.5) is 0 Å². The molecule has 2 unspecified atom stereocenters. The first kappa shape index (κ1) is 22.2. The molecule has 8 heteroatoms. The van der Waals surface area contributed by atoms with Crippen LogP contribution in [0.2, 0.25) is 0 Å². The Hall–Kier alpha value is 0.180. The van der Waals surface area contributed by atoms with Crippen LogP contribution in [0.3, 0.4) is 0 Å². The molecule has 0 radical (unpaired) electrons. The number of hydrogen-bond donors (Lipinski definition) is 2. The van der Waals surface area contributed by atoms with Crippen LogP contribution in [-0.2, 0) is 10.1 Å². The summed E-state index contributed by atoms with van der Waals surface area (Å²) in [6, 6.07) is 5.10. The molecule has 0 aliphatic heterocycles. The van der Waals surface area contributed by atoms with Crippen LogP contribution in [-0.4, -0.2) is 29.7 Å². The fourth-order valence-electron chi connectivity index (χ4n) is 1.81. The van der Waals surface area contributed by atoms with E-state index in [0.717, 1.165) is 25.7 Å². The molecule has 0 bridgehead atoms. The average Bonchev–Trinajstić information content (AvgIpc) is 2.43. The van der Waals surface area contributed by atoms with Gasteiger partial charge in [-0.25, -0.2) is 0 Å². The number of halogens is 1. The minimum atomic E-state index is -4.23. The summed E-state index contributed by atoms with van der Waals surface area (Å²) in [6.07, 6.45) is 3.74. The van der Waals surface area contributed by atoms with Crippen LogP contribution >= 0.6 is 11.6 Å². The molecule has 2 N–H and O–H groups in total. The number of aliphatic hydroxyl groups excluding tert-OH is 1. The standard InChI is InChI=1S/C14H21ClO5S.Na.H/c1-2-3-4-5-6-13(15)14(16)20-11-7-9-12(10-8-11)21(17,18)19;;/h7-10,13-14,16H,2-6H2,1H3,(H,17,18,19);;/q;+1;-1. The predicted molar refractivity (Wildman–Crippen MR) is 82.4 cm³/mol. The molecular formula is C14H22ClNaO5S. The Balaban J connectivity index is 0. The third kappa shape index (κ3) is 8.15. The number of alkyl halides is 1. The summed E-state index contributed by atoms with van der Waals surface area (Å²) in [6.45, 7) is 2.12. The van der Waals surface area contributed by atoms with E-state index in [1.54, 1.807) is 0 Å². The largest absolute Gasteiger partial charge is 1.00 e. The molecule has 0 saturated heterocycles. The van der Waals surface area contributed by atoms with Gasteiger partial charge in [-0.2, -0.15) is 8.42 Å². The van der Waals surface area contributed by atoms with E-state index in [0.29, 0.717) is 6.42 Å². The summed E-state index contributed by atoms with van der Waals surface area (Å²) in [5.41, 5.74) is 0. The minimum Gasteiger partial charge on any atom is -1.00 e. The van der Waals surface area contributed by atoms with Crippen LogP contribution in [0.1, 0.15) is 40.5 Å². The van der Waals surface area contributed by atoms with Gasteiger partial charge < -0.3 is 11.3 Å². The Labute approximate surface area is 160 Å². The number of ether oxygens (including phenoxy) is 1. The quantitative estimate of drug-likeness (QED) is 0.218. The number of aliphatic hydroxyl groups is 1. The van der Waals surface area contributed by atoms with Crippen molar-refractivity contribution in [1.29, 1.82) is 0 Å². The molecule has 0 aliphatic rings. The Morgan fingerprint density at radius 3 is 2.32 bits per heavy atom. The Morgan fingerprint density at radius 1 is 1.23 bits per heavy atom. The first-order valence-electron chi connectivity index (χ1n) is 6.91. The van der Waals surface area contributed by atoms with Crippen molar-refractivity contribution in [3.05, 3.63) is 24.3 Å². The molecule has 0 saturated carbocycles. The molecule has 22 heavy (non-hydrogen) atoms. The molecular weight excluding hydrogens is 339 g/mol. The van der Waals surface area contributed by atoms with Gasteiger partial charge in [-0.3, -0.25) is 4.55 Å². The topological polar surface area (TPSA) is 83.8 Å². The molecule has 5 nitrogen and oxygen atoms in total. The van der Waals surface area contributed by atoms with Crippen LogP contribution in [0.25, 0.3) is 0 Å². The molecule has 0 spiro atoms. The van der Waals surface area contributed by atoms with Gasteiger partial charge in [0.25, 0.3) is 10.1 Å². The maximum absolute atomic E-state index is 10.9. The Morgan fingerprint density at radius 2 is 1.82 bits per heavy atom. The van der Waals surface area contributed by atoms with E-state index in [1.165, 1.54) is 24.3 Å². The summed E-state index contributed by atoms with van der Waals surface area (Å²) in [5.74, 6) is 0.286. The van der Waals surface area contributed by atoms with Gasteiger partial charge in [0.15, 0.2) is 0 Å². The predicted octanol–water partition coefficient (Wildman–Crippen LogP) is 0.325. The molecule has 0 aromatic heterocycles. The average molecular weight is 361 g/mol. The van der Waals surface area contributed by atoms with Gasteiger partial charge in [-0.1, -0.05) is 32.6 Å². The third-order valence-corrected chi connectivity index (χ3v) is 4.32. The molecule has 2 atom stereocenters. The molecule has 0 heterocycles. The second-order valence-corrected chi connectivity index (χ2v) is 6.80. The van der Waals surface area contributed by atoms with Crippen molar-refractivity contribution in [3.8, 4) is 5.75 Å². The molecule has 1 aromatic rings. The summed E-state index contributed by atoms with van der Waals surface area (Å²) in [4.78, 5) is -0.230. The third-order valence-electron chi connectivity index (χ3n) is 3.02. The zero-order valence-corrected chi connectivity index (χ0v) is 16.5. The van der Waals surface area contributed by atoms with Crippen LogP contribution < -0.4 is 34.3 Å². The van der Waals surface area contributed by atoms with Crippen LogP contribution in [0.5, 0.6) is 5.75 Å². The second-order valence-electron chi connectivity index (χ2n) is 4.82. The first-order chi connectivity index (χ1) is 9.84. The fraction of sp³-hybridized carbons (Fsp3) is 0.571. The van der Waals surface area contributed by atoms with Crippen molar-refractivity contribution < 1.29 is 53.8 Å². The van der Waals surface area contributed by atoms with E-state index in [9.17, 15) is 13.5 Å². The van der Waals surface area contributed by atoms with Crippen LogP contribution in [0, 0.1) is 0 Å². The Bertz CT molecular complexity index is 526. The van der Waals surface area contributed by atoms with Gasteiger partial charge in [0.05, 0.1) is 10.3 Å². The maximum atomic E-state index is 10.9. The van der Waals surface area contributed by atoms with Crippen molar-refractivity contribution in [2.75, 3.05) is 0 Å². The van der Waals surface area contributed by atoms with Crippen molar-refractivity contribution in [2.24, 2.45) is 0 Å². The number of unbranched alkanes of at least 4 members (excludes halogenated alkanes) is 3. The first-order valence-corrected chi connectivity index (χ1v) is 8.78. The summed E-state index contributed by atoms with van der Waals surface area (Å²) in [5, 5.41) is 9.31. The maximum Gasteiger partial charge on any atom is 1.00 e. The van der Waals surface area contributed by atoms with Gasteiger partial charge in [0.2, 0.25) is 6.29 Å². The number of rotatable bonds is 9. The normalized spacial score (nSPS) is 14.0. The summed E-state index contributed by atoms with van der Waals surface area (Å²) >= 11 is 6.05. The smallest absolute Gasteiger partial charge is 1.00 e. The SMILES string of the molecule is CCCCCCC(Cl)C(O)Oc1ccc(S(=O)(=O)O)cc1.[H-].[Na+]. The number of hydrogen-bond acceptors (Lipinski definition) is 4. The molecule has 122 valence electrons. The monoisotopic (exact) mass is 360 g/mol. The van der Waals surface area contributed by atoms with Crippen molar-refractivity contribution >= 4 is 21.7 Å². The molecule has 0 aliphatic carbocycles. The zero-order chi connectivity index (χ0) is 15.9. The van der Waals surface area contributed by atoms with Crippen molar-refractivity contribution in [2.45, 2.75) is 55.6 Å². The molecule has 0 fully saturated rings. The van der Waals surface area contributed by atoms with Gasteiger partial charge in [-0.05, 0) is 30.7 Å². The van der Waals surface area contributed by atoms with Crippen molar-refractivity contribution in [3.63, 3.8) is 0 Å². The van der Waals surface area contributed by atoms with Gasteiger partial charge in [-0.15, -0.1) is 11.6 Å². The summed E-state index contributed by atoms with van der Waals surface area (Å²) < 4.78 is 35.9. The summed E-state index contributed by atoms with van der Waals surface area (Å²) in [7, 11) is -4.23. The molecule has 0 amide bonds. The van der Waals surface area contributed by atoms with Gasteiger partial charge in [0.1, 0.15) is 5.75 Å². The van der Waals surface area contributed by atoms with Crippen molar-refractivity contribution in [1.82, 2.24) is 0 Å². The zero-order valence-electron chi connectivity index (χ0n) is 13.9. The van der Waals surface area contributed by atoms with E-state index in [1.807, 2.05) is 0 Å². The van der Waals surface area contributed by atoms with E-state index >= 15 is 0 Å². The second kappa shape index (κ2) is 10.9. The van der Waals surface area contributed by atoms with E-state index in [2.05, 4.69) is 6.92 Å². The van der Waals surface area contributed by atoms with Gasteiger partial charge >= 0.3 is 29.6 Å². The molecule has 1 aromatic carbocycles. The fourth-order valence-corrected chi connectivity index (χ4v) is 2.50. The Kier molecular flexibility index (Phi) is 11.0. The van der Waals surface area contributed by atoms with E-state index in [-0.39, 0.29) is 41.6 Å².